The van der Waals surface area contributed by atoms with E-state index in [0.717, 1.165) is 51.1 Å². The maximum absolute atomic E-state index is 13.1. The van der Waals surface area contributed by atoms with Gasteiger partial charge in [0.1, 0.15) is 0 Å². The van der Waals surface area contributed by atoms with Crippen molar-refractivity contribution < 1.29 is 8.42 Å². The number of aryl methyl sites for hydroxylation is 3. The number of sulfonamides is 1. The van der Waals surface area contributed by atoms with Crippen LogP contribution in [0.2, 0.25) is 0 Å². The highest BCUT2D eigenvalue weighted by Crippen LogP contribution is 2.25. The van der Waals surface area contributed by atoms with Gasteiger partial charge in [-0.3, -0.25) is 4.90 Å². The number of rotatable bonds is 6. The van der Waals surface area contributed by atoms with Crippen molar-refractivity contribution in [2.75, 3.05) is 39.8 Å². The van der Waals surface area contributed by atoms with E-state index in [-0.39, 0.29) is 6.04 Å². The number of piperazine rings is 1. The highest BCUT2D eigenvalue weighted by atomic mass is 32.2. The number of fused-ring (bicyclic) bond motifs is 1. The zero-order chi connectivity index (χ0) is 20.4. The van der Waals surface area contributed by atoms with Gasteiger partial charge in [-0.2, -0.15) is 0 Å². The molecule has 2 aromatic rings. The molecule has 1 fully saturated rings. The molecule has 1 N–H and O–H groups in total. The summed E-state index contributed by atoms with van der Waals surface area (Å²) in [6.07, 6.45) is 6.40. The Morgan fingerprint density at radius 1 is 1.00 bits per heavy atom. The number of hydrogen-bond donors (Lipinski definition) is 1. The van der Waals surface area contributed by atoms with E-state index < -0.39 is 10.0 Å². The van der Waals surface area contributed by atoms with E-state index in [4.69, 9.17) is 0 Å². The molecule has 0 radical (unpaired) electrons. The number of hydrogen-bond acceptors (Lipinski definition) is 4. The normalized spacial score (nSPS) is 19.8. The molecule has 1 aliphatic heterocycles. The Morgan fingerprint density at radius 2 is 1.72 bits per heavy atom. The lowest BCUT2D eigenvalue weighted by Crippen LogP contribution is -2.48. The van der Waals surface area contributed by atoms with Gasteiger partial charge in [-0.15, -0.1) is 0 Å². The first-order valence-electron chi connectivity index (χ1n) is 10.6. The highest BCUT2D eigenvalue weighted by Gasteiger charge is 2.27. The maximum atomic E-state index is 13.1. The minimum atomic E-state index is -3.54. The Kier molecular flexibility index (Phi) is 6.11. The van der Waals surface area contributed by atoms with Crippen molar-refractivity contribution in [1.29, 1.82) is 0 Å². The van der Waals surface area contributed by atoms with Crippen LogP contribution < -0.4 is 4.72 Å². The molecular weight excluding hydrogens is 384 g/mol. The molecule has 0 spiro atoms. The van der Waals surface area contributed by atoms with Crippen LogP contribution in [-0.4, -0.2) is 62.6 Å². The average Bonchev–Trinajstić information content (AvgIpc) is 3.14. The molecule has 1 aliphatic carbocycles. The first kappa shape index (κ1) is 20.6. The Bertz CT molecular complexity index is 945. The first-order valence-corrected chi connectivity index (χ1v) is 12.1. The predicted molar refractivity (Wildman–Crippen MR) is 115 cm³/mol. The minimum Gasteiger partial charge on any atom is -0.353 e. The summed E-state index contributed by atoms with van der Waals surface area (Å²) in [5.41, 5.74) is 3.63. The van der Waals surface area contributed by atoms with E-state index in [2.05, 4.69) is 32.2 Å². The lowest BCUT2D eigenvalue weighted by Gasteiger charge is -2.38. The van der Waals surface area contributed by atoms with Crippen molar-refractivity contribution in [1.82, 2.24) is 19.1 Å². The van der Waals surface area contributed by atoms with E-state index in [9.17, 15) is 8.42 Å². The molecular formula is C22H32N4O2S. The summed E-state index contributed by atoms with van der Waals surface area (Å²) in [7, 11) is 0.618. The van der Waals surface area contributed by atoms with Crippen LogP contribution in [0.4, 0.5) is 0 Å². The Morgan fingerprint density at radius 3 is 2.41 bits per heavy atom. The summed E-state index contributed by atoms with van der Waals surface area (Å²) in [6, 6.07) is 9.78. The Hall–Kier alpha value is -1.67. The van der Waals surface area contributed by atoms with Crippen molar-refractivity contribution in [3.8, 4) is 0 Å². The zero-order valence-corrected chi connectivity index (χ0v) is 18.3. The first-order chi connectivity index (χ1) is 13.9. The Labute approximate surface area is 174 Å². The second-order valence-corrected chi connectivity index (χ2v) is 10.2. The van der Waals surface area contributed by atoms with E-state index in [0.29, 0.717) is 11.4 Å². The molecule has 1 saturated heterocycles. The number of aromatic nitrogens is 1. The minimum absolute atomic E-state index is 0.0242. The van der Waals surface area contributed by atoms with Gasteiger partial charge >= 0.3 is 0 Å². The summed E-state index contributed by atoms with van der Waals surface area (Å²) >= 11 is 0. The van der Waals surface area contributed by atoms with Crippen molar-refractivity contribution in [3.63, 3.8) is 0 Å². The van der Waals surface area contributed by atoms with Gasteiger partial charge in [-0.05, 0) is 68.1 Å². The average molecular weight is 417 g/mol. The molecule has 6 nitrogen and oxygen atoms in total. The molecule has 1 aromatic carbocycles. The second kappa shape index (κ2) is 8.60. The summed E-state index contributed by atoms with van der Waals surface area (Å²) in [4.78, 5) is 5.10. The quantitative estimate of drug-likeness (QED) is 0.784. The number of benzene rings is 1. The third kappa shape index (κ3) is 4.58. The molecule has 0 saturated carbocycles. The van der Waals surface area contributed by atoms with E-state index >= 15 is 0 Å². The molecule has 158 valence electrons. The van der Waals surface area contributed by atoms with Crippen LogP contribution in [0.1, 0.15) is 35.7 Å². The molecule has 7 heteroatoms. The van der Waals surface area contributed by atoms with Crippen molar-refractivity contribution in [3.05, 3.63) is 53.3 Å². The van der Waals surface area contributed by atoms with Crippen molar-refractivity contribution in [2.45, 2.75) is 36.6 Å². The third-order valence-electron chi connectivity index (χ3n) is 6.40. The van der Waals surface area contributed by atoms with Gasteiger partial charge in [0.25, 0.3) is 0 Å². The van der Waals surface area contributed by atoms with Crippen LogP contribution in [0.3, 0.4) is 0 Å². The monoisotopic (exact) mass is 416 g/mol. The third-order valence-corrected chi connectivity index (χ3v) is 7.82. The second-order valence-electron chi connectivity index (χ2n) is 8.39. The van der Waals surface area contributed by atoms with Crippen molar-refractivity contribution in [2.24, 2.45) is 7.05 Å². The van der Waals surface area contributed by atoms with Crippen LogP contribution in [0.15, 0.2) is 41.4 Å². The number of nitrogens with zero attached hydrogens (tertiary/aromatic N) is 3. The molecule has 0 bridgehead atoms. The molecule has 4 rings (SSSR count). The summed E-state index contributed by atoms with van der Waals surface area (Å²) in [5.74, 6) is 0. The topological polar surface area (TPSA) is 57.6 Å². The van der Waals surface area contributed by atoms with Gasteiger partial charge in [-0.1, -0.05) is 6.07 Å². The maximum Gasteiger partial charge on any atom is 0.240 e. The SMILES string of the molecule is CN1CCN(C(CNS(=O)(=O)c2ccc3c(c2)CCCC3)c2cccn2C)CC1. The van der Waals surface area contributed by atoms with E-state index in [1.54, 1.807) is 6.07 Å². The molecule has 1 aromatic heterocycles. The van der Waals surface area contributed by atoms with E-state index in [1.165, 1.54) is 17.5 Å². The smallest absolute Gasteiger partial charge is 0.240 e. The molecule has 0 amide bonds. The van der Waals surface area contributed by atoms with Crippen LogP contribution in [0.5, 0.6) is 0 Å². The van der Waals surface area contributed by atoms with Crippen LogP contribution >= 0.6 is 0 Å². The van der Waals surface area contributed by atoms with Gasteiger partial charge in [0.05, 0.1) is 10.9 Å². The van der Waals surface area contributed by atoms with Gasteiger partial charge in [0.2, 0.25) is 10.0 Å². The molecule has 2 aliphatic rings. The van der Waals surface area contributed by atoms with Crippen LogP contribution in [0, 0.1) is 0 Å². The summed E-state index contributed by atoms with van der Waals surface area (Å²) < 4.78 is 31.1. The van der Waals surface area contributed by atoms with Crippen LogP contribution in [0.25, 0.3) is 0 Å². The summed E-state index contributed by atoms with van der Waals surface area (Å²) in [6.45, 7) is 4.25. The fourth-order valence-electron chi connectivity index (χ4n) is 4.52. The fraction of sp³-hybridized carbons (Fsp3) is 0.545. The van der Waals surface area contributed by atoms with E-state index in [1.807, 2.05) is 31.4 Å². The standard InChI is InChI=1S/C22H32N4O2S/c1-24-12-14-26(15-13-24)22(21-8-5-11-25(21)2)17-23-29(27,28)20-10-9-18-6-3-4-7-19(18)16-20/h5,8-11,16,22-23H,3-4,6-7,12-15,17H2,1-2H3. The molecule has 2 heterocycles. The molecule has 1 unspecified atom stereocenters. The lowest BCUT2D eigenvalue weighted by atomic mass is 9.92. The highest BCUT2D eigenvalue weighted by molar-refractivity contribution is 7.89. The largest absolute Gasteiger partial charge is 0.353 e. The predicted octanol–water partition coefficient (Wildman–Crippen LogP) is 2.17. The Balaban J connectivity index is 1.52. The molecule has 1 atom stereocenters. The number of nitrogens with one attached hydrogen (secondary N) is 1. The number of likely N-dealkylation sites (N-methyl/N-ethyl adjacent to an activating group) is 1. The lowest BCUT2D eigenvalue weighted by molar-refractivity contribution is 0.109. The molecule has 29 heavy (non-hydrogen) atoms. The van der Waals surface area contributed by atoms with Gasteiger partial charge in [0, 0.05) is 51.7 Å². The van der Waals surface area contributed by atoms with Gasteiger partial charge in [-0.25, -0.2) is 13.1 Å². The van der Waals surface area contributed by atoms with Gasteiger partial charge in [0.15, 0.2) is 0 Å². The van der Waals surface area contributed by atoms with Crippen molar-refractivity contribution >= 4 is 10.0 Å². The summed E-state index contributed by atoms with van der Waals surface area (Å²) in [5, 5.41) is 0. The zero-order valence-electron chi connectivity index (χ0n) is 17.5. The fourth-order valence-corrected chi connectivity index (χ4v) is 5.61. The van der Waals surface area contributed by atoms with Crippen LogP contribution in [-0.2, 0) is 29.9 Å². The van der Waals surface area contributed by atoms with Gasteiger partial charge < -0.3 is 9.47 Å².